The summed E-state index contributed by atoms with van der Waals surface area (Å²) in [4.78, 5) is 33.9. The molecule has 2 heterocycles. The second kappa shape index (κ2) is 15.7. The Bertz CT molecular complexity index is 1580. The van der Waals surface area contributed by atoms with E-state index < -0.39 is 29.4 Å². The van der Waals surface area contributed by atoms with E-state index in [2.05, 4.69) is 20.9 Å². The fourth-order valence-electron chi connectivity index (χ4n) is 7.61. The zero-order valence-corrected chi connectivity index (χ0v) is 29.1. The fourth-order valence-corrected chi connectivity index (χ4v) is 7.84. The normalized spacial score (nSPS) is 23.0. The van der Waals surface area contributed by atoms with Crippen LogP contribution in [-0.4, -0.2) is 45.0 Å². The predicted octanol–water partition coefficient (Wildman–Crippen LogP) is 9.55. The van der Waals surface area contributed by atoms with Crippen LogP contribution in [0.5, 0.6) is 0 Å². The van der Waals surface area contributed by atoms with Crippen LogP contribution in [0.2, 0.25) is 0 Å². The highest BCUT2D eigenvalue weighted by Gasteiger charge is 2.43. The summed E-state index contributed by atoms with van der Waals surface area (Å²) >= 11 is 3.36. The van der Waals surface area contributed by atoms with Crippen molar-refractivity contribution in [3.63, 3.8) is 0 Å². The summed E-state index contributed by atoms with van der Waals surface area (Å²) in [6.45, 7) is 1.71. The summed E-state index contributed by atoms with van der Waals surface area (Å²) in [7, 11) is 0. The number of nitrogens with zero attached hydrogens (tertiary/aromatic N) is 3. The molecule has 1 aliphatic carbocycles. The van der Waals surface area contributed by atoms with Crippen LogP contribution >= 0.6 is 15.9 Å². The quantitative estimate of drug-likeness (QED) is 0.208. The molecule has 0 bridgehead atoms. The van der Waals surface area contributed by atoms with Crippen molar-refractivity contribution in [1.82, 2.24) is 9.88 Å². The molecule has 2 aliphatic rings. The van der Waals surface area contributed by atoms with Crippen molar-refractivity contribution in [2.75, 3.05) is 4.90 Å². The number of piperidine rings is 1. The summed E-state index contributed by atoms with van der Waals surface area (Å²) < 4.78 is 83.7. The number of halogens is 7. The average molecular weight is 769 g/mol. The number of anilines is 1. The molecule has 2 fully saturated rings. The second-order valence-corrected chi connectivity index (χ2v) is 14.4. The molecule has 270 valence electrons. The molecule has 13 heteroatoms. The van der Waals surface area contributed by atoms with Gasteiger partial charge in [-0.05, 0) is 115 Å². The van der Waals surface area contributed by atoms with Gasteiger partial charge in [0.2, 0.25) is 5.91 Å². The summed E-state index contributed by atoms with van der Waals surface area (Å²) in [6, 6.07) is 13.8. The summed E-state index contributed by atoms with van der Waals surface area (Å²) in [6.07, 6.45) is -3.91. The Balaban J connectivity index is 1.51. The molecule has 3 unspecified atom stereocenters. The lowest BCUT2D eigenvalue weighted by Crippen LogP contribution is -2.59. The molecule has 1 saturated carbocycles. The third-order valence-corrected chi connectivity index (χ3v) is 10.5. The molecule has 1 aliphatic heterocycles. The van der Waals surface area contributed by atoms with Crippen molar-refractivity contribution in [2.24, 2.45) is 11.8 Å². The average Bonchev–Trinajstić information content (AvgIpc) is 3.06. The highest BCUT2D eigenvalue weighted by Crippen LogP contribution is 2.40. The number of carbonyl (C=O) groups excluding carboxylic acids is 1. The molecule has 1 amide bonds. The zero-order valence-electron chi connectivity index (χ0n) is 27.6. The topological polar surface area (TPSA) is 73.7 Å². The maximum absolute atomic E-state index is 14.4. The number of likely N-dealkylation sites (tertiary alicyclic amines) is 1. The Morgan fingerprint density at radius 2 is 1.50 bits per heavy atom. The second-order valence-electron chi connectivity index (χ2n) is 13.5. The minimum absolute atomic E-state index is 0.0195. The number of amides is 1. The van der Waals surface area contributed by atoms with Gasteiger partial charge in [-0.2, -0.15) is 26.3 Å². The van der Waals surface area contributed by atoms with Crippen molar-refractivity contribution >= 4 is 33.6 Å². The minimum Gasteiger partial charge on any atom is -0.481 e. The first-order chi connectivity index (χ1) is 23.6. The first-order valence-corrected chi connectivity index (χ1v) is 17.7. The van der Waals surface area contributed by atoms with E-state index in [0.717, 1.165) is 17.7 Å². The maximum Gasteiger partial charge on any atom is 0.416 e. The Kier molecular flexibility index (Phi) is 11.8. The van der Waals surface area contributed by atoms with Gasteiger partial charge in [-0.1, -0.05) is 37.3 Å². The molecule has 2 aromatic carbocycles. The Morgan fingerprint density at radius 3 is 2.04 bits per heavy atom. The maximum atomic E-state index is 14.4. The van der Waals surface area contributed by atoms with Crippen molar-refractivity contribution in [3.8, 4) is 0 Å². The van der Waals surface area contributed by atoms with E-state index in [1.165, 1.54) is 6.20 Å². The Morgan fingerprint density at radius 1 is 0.880 bits per heavy atom. The first kappa shape index (κ1) is 37.6. The smallest absolute Gasteiger partial charge is 0.416 e. The number of benzene rings is 2. The van der Waals surface area contributed by atoms with Crippen LogP contribution in [0.15, 0.2) is 71.3 Å². The molecule has 1 saturated heterocycles. The number of hydrogen-bond donors (Lipinski definition) is 1. The number of rotatable bonds is 10. The van der Waals surface area contributed by atoms with E-state index in [4.69, 9.17) is 0 Å². The van der Waals surface area contributed by atoms with Crippen LogP contribution in [0.25, 0.3) is 0 Å². The minimum atomic E-state index is -4.98. The van der Waals surface area contributed by atoms with Gasteiger partial charge in [0.1, 0.15) is 5.82 Å². The van der Waals surface area contributed by atoms with Gasteiger partial charge in [0.05, 0.1) is 11.1 Å². The van der Waals surface area contributed by atoms with Crippen LogP contribution in [0.4, 0.5) is 32.2 Å². The molecule has 1 aromatic heterocycles. The van der Waals surface area contributed by atoms with Gasteiger partial charge in [0.25, 0.3) is 0 Å². The number of hydrogen-bond acceptors (Lipinski definition) is 4. The van der Waals surface area contributed by atoms with Crippen LogP contribution in [0, 0.1) is 11.8 Å². The molecular formula is C37H40BrF6N3O3. The van der Waals surface area contributed by atoms with E-state index in [1.807, 2.05) is 42.2 Å². The van der Waals surface area contributed by atoms with Gasteiger partial charge in [-0.15, -0.1) is 0 Å². The molecule has 0 spiro atoms. The van der Waals surface area contributed by atoms with Crippen LogP contribution in [-0.2, 0) is 34.9 Å². The fraction of sp³-hybridized carbons (Fsp3) is 0.486. The van der Waals surface area contributed by atoms with Crippen molar-refractivity contribution in [3.05, 3.63) is 93.6 Å². The van der Waals surface area contributed by atoms with Crippen molar-refractivity contribution < 1.29 is 41.0 Å². The molecule has 6 nitrogen and oxygen atoms in total. The number of alkyl halides is 6. The molecule has 0 radical (unpaired) electrons. The van der Waals surface area contributed by atoms with Crippen LogP contribution in [0.1, 0.15) is 80.5 Å². The standard InChI is InChI=1S/C37H40BrF6N3O3/c1-2-30-19-31(20-32(16-23-6-4-3-5-7-23)47(30)35(50)26-10-8-24(9-11-26)17-34(48)49)46(33-13-12-29(38)21-45-33)22-25-14-27(36(39,40)41)18-28(15-25)37(42,43)44/h3-7,12-15,18,21,24,26,30-32H,2,8-11,16-17,19-20,22H2,1H3,(H,48,49). The number of aliphatic carboxylic acids is 1. The lowest BCUT2D eigenvalue weighted by molar-refractivity contribution is -0.145. The number of pyridine rings is 1. The lowest BCUT2D eigenvalue weighted by Gasteiger charge is -2.50. The van der Waals surface area contributed by atoms with E-state index in [-0.39, 0.29) is 60.5 Å². The summed E-state index contributed by atoms with van der Waals surface area (Å²) in [5.41, 5.74) is -1.91. The number of carboxylic acids is 1. The predicted molar refractivity (Wildman–Crippen MR) is 180 cm³/mol. The lowest BCUT2D eigenvalue weighted by atomic mass is 9.78. The largest absolute Gasteiger partial charge is 0.481 e. The molecular weight excluding hydrogens is 728 g/mol. The highest BCUT2D eigenvalue weighted by atomic mass is 79.9. The SMILES string of the molecule is CCC1CC(N(Cc2cc(C(F)(F)F)cc(C(F)(F)F)c2)c2ccc(Br)cn2)CC(Cc2ccccc2)N1C(=O)C1CCC(CC(=O)O)CC1. The van der Waals surface area contributed by atoms with Gasteiger partial charge < -0.3 is 14.9 Å². The van der Waals surface area contributed by atoms with E-state index in [9.17, 15) is 41.0 Å². The van der Waals surface area contributed by atoms with E-state index >= 15 is 0 Å². The molecule has 3 atom stereocenters. The number of aromatic nitrogens is 1. The Hall–Kier alpha value is -3.61. The summed E-state index contributed by atoms with van der Waals surface area (Å²) in [5.74, 6) is -0.649. The first-order valence-electron chi connectivity index (χ1n) is 16.9. The van der Waals surface area contributed by atoms with Crippen molar-refractivity contribution in [2.45, 2.75) is 102 Å². The van der Waals surface area contributed by atoms with Crippen molar-refractivity contribution in [1.29, 1.82) is 0 Å². The monoisotopic (exact) mass is 767 g/mol. The Labute approximate surface area is 296 Å². The van der Waals surface area contributed by atoms with Gasteiger partial charge in [-0.3, -0.25) is 9.59 Å². The molecule has 5 rings (SSSR count). The van der Waals surface area contributed by atoms with Crippen LogP contribution in [0.3, 0.4) is 0 Å². The van der Waals surface area contributed by atoms with Crippen LogP contribution < -0.4 is 4.90 Å². The molecule has 50 heavy (non-hydrogen) atoms. The van der Waals surface area contributed by atoms with Gasteiger partial charge >= 0.3 is 18.3 Å². The van der Waals surface area contributed by atoms with E-state index in [1.54, 1.807) is 17.0 Å². The van der Waals surface area contributed by atoms with Gasteiger partial charge in [0, 0.05) is 47.7 Å². The number of carbonyl (C=O) groups is 2. The third kappa shape index (κ3) is 9.38. The van der Waals surface area contributed by atoms with Gasteiger partial charge in [-0.25, -0.2) is 4.98 Å². The van der Waals surface area contributed by atoms with E-state index in [0.29, 0.717) is 61.7 Å². The zero-order chi connectivity index (χ0) is 36.2. The molecule has 3 aromatic rings. The summed E-state index contributed by atoms with van der Waals surface area (Å²) in [5, 5.41) is 9.26. The number of carboxylic acid groups (broad SMARTS) is 1. The third-order valence-electron chi connectivity index (χ3n) is 10.0. The molecule has 1 N–H and O–H groups in total. The highest BCUT2D eigenvalue weighted by molar-refractivity contribution is 9.10. The van der Waals surface area contributed by atoms with Gasteiger partial charge in [0.15, 0.2) is 0 Å².